The van der Waals surface area contributed by atoms with Crippen LogP contribution in [0, 0.1) is 11.3 Å². The molecule has 58 valence electrons. The number of hydrogen-bond acceptors (Lipinski definition) is 4. The van der Waals surface area contributed by atoms with Gasteiger partial charge in [-0.15, -0.1) is 10.2 Å². The Kier molecular flexibility index (Phi) is 2.58. The Bertz CT molecular complexity index is 258. The summed E-state index contributed by atoms with van der Waals surface area (Å²) in [4.78, 5) is 0. The average Bonchev–Trinajstić information content (AvgIpc) is 2.37. The Morgan fingerprint density at radius 3 is 3.18 bits per heavy atom. The van der Waals surface area contributed by atoms with E-state index in [0.717, 1.165) is 5.82 Å². The van der Waals surface area contributed by atoms with E-state index in [-0.39, 0.29) is 0 Å². The lowest BCUT2D eigenvalue weighted by Gasteiger charge is -1.97. The zero-order valence-electron chi connectivity index (χ0n) is 6.28. The van der Waals surface area contributed by atoms with Gasteiger partial charge >= 0.3 is 0 Å². The van der Waals surface area contributed by atoms with Gasteiger partial charge < -0.3 is 4.57 Å². The van der Waals surface area contributed by atoms with E-state index < -0.39 is 0 Å². The van der Waals surface area contributed by atoms with E-state index in [9.17, 15) is 0 Å². The average molecular weight is 151 g/mol. The highest BCUT2D eigenvalue weighted by Gasteiger charge is 1.97. The fourth-order valence-electron chi connectivity index (χ4n) is 0.697. The molecule has 11 heavy (non-hydrogen) atoms. The lowest BCUT2D eigenvalue weighted by atomic mass is 10.5. The monoisotopic (exact) mass is 151 g/mol. The molecule has 0 saturated heterocycles. The van der Waals surface area contributed by atoms with Crippen molar-refractivity contribution < 1.29 is 0 Å². The molecular weight excluding hydrogens is 142 g/mol. The van der Waals surface area contributed by atoms with Crippen LogP contribution in [-0.2, 0) is 13.6 Å². The fourth-order valence-corrected chi connectivity index (χ4v) is 0.697. The molecule has 0 aliphatic rings. The van der Waals surface area contributed by atoms with Crippen molar-refractivity contribution in [3.63, 3.8) is 0 Å². The number of aryl methyl sites for hydroxylation is 1. The summed E-state index contributed by atoms with van der Waals surface area (Å²) in [6.07, 6.45) is 1.63. The number of rotatable bonds is 3. The third kappa shape index (κ3) is 2.02. The molecule has 0 aliphatic heterocycles. The third-order valence-electron chi connectivity index (χ3n) is 1.29. The summed E-state index contributed by atoms with van der Waals surface area (Å²) in [6, 6.07) is 1.98. The molecule has 0 fully saturated rings. The van der Waals surface area contributed by atoms with E-state index >= 15 is 0 Å². The summed E-state index contributed by atoms with van der Waals surface area (Å²) in [6.45, 7) is 0.928. The number of aromatic nitrogens is 3. The molecule has 0 amide bonds. The third-order valence-corrected chi connectivity index (χ3v) is 1.29. The van der Waals surface area contributed by atoms with Crippen molar-refractivity contribution in [3.8, 4) is 6.07 Å². The lowest BCUT2D eigenvalue weighted by Crippen LogP contribution is -2.15. The largest absolute Gasteiger partial charge is 0.320 e. The molecule has 0 atom stereocenters. The molecule has 0 saturated carbocycles. The first-order chi connectivity index (χ1) is 5.34. The number of nitrogens with zero attached hydrogens (tertiary/aromatic N) is 4. The first kappa shape index (κ1) is 7.69. The molecule has 0 aromatic carbocycles. The molecule has 1 rings (SSSR count). The van der Waals surface area contributed by atoms with E-state index in [1.54, 1.807) is 6.33 Å². The fraction of sp³-hybridized carbons (Fsp3) is 0.500. The molecule has 0 spiro atoms. The van der Waals surface area contributed by atoms with Crippen molar-refractivity contribution >= 4 is 0 Å². The Balaban J connectivity index is 2.40. The van der Waals surface area contributed by atoms with E-state index in [1.807, 2.05) is 17.7 Å². The number of nitriles is 1. The molecule has 5 nitrogen and oxygen atoms in total. The predicted molar refractivity (Wildman–Crippen MR) is 38.3 cm³/mol. The molecule has 1 aromatic heterocycles. The van der Waals surface area contributed by atoms with E-state index in [1.165, 1.54) is 0 Å². The minimum Gasteiger partial charge on any atom is -0.320 e. The van der Waals surface area contributed by atoms with Gasteiger partial charge in [-0.1, -0.05) is 0 Å². The summed E-state index contributed by atoms with van der Waals surface area (Å²) < 4.78 is 1.81. The van der Waals surface area contributed by atoms with Crippen LogP contribution < -0.4 is 5.32 Å². The highest BCUT2D eigenvalue weighted by molar-refractivity contribution is 4.84. The van der Waals surface area contributed by atoms with Crippen LogP contribution in [0.25, 0.3) is 0 Å². The van der Waals surface area contributed by atoms with Gasteiger partial charge in [-0.25, -0.2) is 0 Å². The molecule has 0 radical (unpaired) electrons. The maximum absolute atomic E-state index is 8.21. The van der Waals surface area contributed by atoms with Gasteiger partial charge in [0.05, 0.1) is 19.2 Å². The zero-order chi connectivity index (χ0) is 8.10. The van der Waals surface area contributed by atoms with Crippen molar-refractivity contribution in [2.24, 2.45) is 7.05 Å². The minimum absolute atomic E-state index is 0.340. The zero-order valence-corrected chi connectivity index (χ0v) is 6.28. The maximum Gasteiger partial charge on any atom is 0.146 e. The number of hydrogen-bond donors (Lipinski definition) is 1. The van der Waals surface area contributed by atoms with Crippen LogP contribution >= 0.6 is 0 Å². The SMILES string of the molecule is Cn1cnnc1CNCC#N. The summed E-state index contributed by atoms with van der Waals surface area (Å²) in [7, 11) is 1.86. The van der Waals surface area contributed by atoms with Gasteiger partial charge in [-0.05, 0) is 0 Å². The predicted octanol–water partition coefficient (Wildman–Crippen LogP) is -0.572. The van der Waals surface area contributed by atoms with Gasteiger partial charge in [0, 0.05) is 7.05 Å². The molecule has 1 aromatic rings. The normalized spacial score (nSPS) is 9.45. The second-order valence-electron chi connectivity index (χ2n) is 2.12. The topological polar surface area (TPSA) is 66.5 Å². The quantitative estimate of drug-likeness (QED) is 0.464. The summed E-state index contributed by atoms with van der Waals surface area (Å²) >= 11 is 0. The van der Waals surface area contributed by atoms with Crippen LogP contribution in [0.3, 0.4) is 0 Å². The Labute approximate surface area is 64.7 Å². The lowest BCUT2D eigenvalue weighted by molar-refractivity contribution is 0.681. The first-order valence-electron chi connectivity index (χ1n) is 3.25. The van der Waals surface area contributed by atoms with Crippen molar-refractivity contribution in [2.75, 3.05) is 6.54 Å². The van der Waals surface area contributed by atoms with E-state index in [4.69, 9.17) is 5.26 Å². The summed E-state index contributed by atoms with van der Waals surface area (Å²) in [5.41, 5.74) is 0. The van der Waals surface area contributed by atoms with Gasteiger partial charge in [0.15, 0.2) is 0 Å². The van der Waals surface area contributed by atoms with Crippen molar-refractivity contribution in [1.82, 2.24) is 20.1 Å². The Morgan fingerprint density at radius 1 is 1.82 bits per heavy atom. The number of nitrogens with one attached hydrogen (secondary N) is 1. The molecule has 1 heterocycles. The van der Waals surface area contributed by atoms with Crippen LogP contribution in [0.4, 0.5) is 0 Å². The van der Waals surface area contributed by atoms with E-state index in [2.05, 4.69) is 15.5 Å². The highest BCUT2D eigenvalue weighted by atomic mass is 15.3. The van der Waals surface area contributed by atoms with Crippen molar-refractivity contribution in [3.05, 3.63) is 12.2 Å². The molecule has 5 heteroatoms. The van der Waals surface area contributed by atoms with E-state index in [0.29, 0.717) is 13.1 Å². The molecule has 0 unspecified atom stereocenters. The summed E-state index contributed by atoms with van der Waals surface area (Å²) in [5, 5.41) is 18.6. The second-order valence-corrected chi connectivity index (χ2v) is 2.12. The highest BCUT2D eigenvalue weighted by Crippen LogP contribution is 1.88. The second kappa shape index (κ2) is 3.68. The first-order valence-corrected chi connectivity index (χ1v) is 3.25. The smallest absolute Gasteiger partial charge is 0.146 e. The van der Waals surface area contributed by atoms with Crippen molar-refractivity contribution in [2.45, 2.75) is 6.54 Å². The maximum atomic E-state index is 8.21. The van der Waals surface area contributed by atoms with Crippen LogP contribution in [0.2, 0.25) is 0 Å². The minimum atomic E-state index is 0.340. The van der Waals surface area contributed by atoms with Crippen LogP contribution in [0.1, 0.15) is 5.82 Å². The molecular formula is C6H9N5. The molecule has 0 bridgehead atoms. The van der Waals surface area contributed by atoms with Gasteiger partial charge in [0.25, 0.3) is 0 Å². The van der Waals surface area contributed by atoms with Crippen LogP contribution in [0.5, 0.6) is 0 Å². The standard InChI is InChI=1S/C6H9N5/c1-11-5-9-10-6(11)4-8-3-2-7/h5,8H,3-4H2,1H3. The van der Waals surface area contributed by atoms with Crippen molar-refractivity contribution in [1.29, 1.82) is 5.26 Å². The summed E-state index contributed by atoms with van der Waals surface area (Å²) in [5.74, 6) is 0.834. The van der Waals surface area contributed by atoms with Gasteiger partial charge in [0.1, 0.15) is 12.2 Å². The van der Waals surface area contributed by atoms with Gasteiger partial charge in [0.2, 0.25) is 0 Å². The van der Waals surface area contributed by atoms with Crippen LogP contribution in [0.15, 0.2) is 6.33 Å². The Morgan fingerprint density at radius 2 is 2.64 bits per heavy atom. The Hall–Kier alpha value is -1.41. The van der Waals surface area contributed by atoms with Gasteiger partial charge in [-0.3, -0.25) is 5.32 Å². The van der Waals surface area contributed by atoms with Gasteiger partial charge in [-0.2, -0.15) is 5.26 Å². The molecule has 0 aliphatic carbocycles. The van der Waals surface area contributed by atoms with Crippen LogP contribution in [-0.4, -0.2) is 21.3 Å². The molecule has 1 N–H and O–H groups in total.